The lowest BCUT2D eigenvalue weighted by atomic mass is 9.92. The molecular formula is C100H60N4O8. The SMILES string of the molecule is O=C1N(c2ccc(-c3ccc(-c4cccc5oc6c(-c7ccc(-n8c(=O)c9ccc(-c%10ccccc%10)cc9n(-c9ccc(-c%10cccc%11c%10oc%10ccccc%10%11)cc9)c8=O)cc7)cccc6c45)c4c3oc3ccccc34)cc2)c2ccc(-c3ccccc3)cc2C(O)N1c1ccc(-c2cccc3c2oc2ccccc23)cc1. The number of amides is 2. The fourth-order valence-electron chi connectivity index (χ4n) is 17.0. The Morgan fingerprint density at radius 1 is 0.268 bits per heavy atom. The van der Waals surface area contributed by atoms with Crippen LogP contribution in [0.25, 0.3) is 188 Å². The minimum absolute atomic E-state index is 0.383. The van der Waals surface area contributed by atoms with Crippen LogP contribution in [-0.2, 0) is 0 Å². The molecule has 0 radical (unpaired) electrons. The van der Waals surface area contributed by atoms with Crippen molar-refractivity contribution in [2.75, 3.05) is 9.80 Å². The molecule has 1 atom stereocenters. The number of benzene rings is 16. The summed E-state index contributed by atoms with van der Waals surface area (Å²) < 4.78 is 29.7. The van der Waals surface area contributed by atoms with Gasteiger partial charge in [-0.25, -0.2) is 14.2 Å². The molecule has 0 saturated carbocycles. The second kappa shape index (κ2) is 25.3. The standard InChI is InChI=1S/C100H60N4O8/c105-97-81-53-43-66(60-19-5-2-6-20-60)58-86(81)102(68-47-35-61(36-48-68)71-24-13-28-79-75-21-7-10-31-87(75)109-93(71)79)100(108)103(97)69-49-41-63(42-50-69)73-26-15-30-83-91-77(27-16-34-90(91)112-95(73)83)78-55-54-74(96-92(78)82-23-9-12-33-89(82)111-96)64-37-45-67(46-38-64)101-85-56-44-65(59-17-3-1-4-18-59)57-84(85)98(106)104(99(101)107)70-51-39-62(40-52-70)72-25-14-29-80-76-22-8-11-32-88(76)110-94(72)80/h1-58,98,106H. The van der Waals surface area contributed by atoms with E-state index in [1.807, 2.05) is 297 Å². The van der Waals surface area contributed by atoms with Crippen molar-refractivity contribution in [1.29, 1.82) is 0 Å². The lowest BCUT2D eigenvalue weighted by Gasteiger charge is -2.40. The molecule has 0 bridgehead atoms. The van der Waals surface area contributed by atoms with Crippen molar-refractivity contribution >= 4 is 122 Å². The Hall–Kier alpha value is -15.1. The van der Waals surface area contributed by atoms with E-state index in [9.17, 15) is 5.11 Å². The number of nitrogens with zero attached hydrogens (tertiary/aromatic N) is 4. The number of urea groups is 1. The molecule has 1 aliphatic rings. The zero-order chi connectivity index (χ0) is 74.4. The predicted molar refractivity (Wildman–Crippen MR) is 450 cm³/mol. The molecule has 16 aromatic carbocycles. The Labute approximate surface area is 638 Å². The van der Waals surface area contributed by atoms with Crippen LogP contribution in [0.15, 0.2) is 379 Å². The molecule has 528 valence electrons. The van der Waals surface area contributed by atoms with Gasteiger partial charge in [0.15, 0.2) is 6.23 Å². The molecule has 1 aliphatic heterocycles. The highest BCUT2D eigenvalue weighted by Gasteiger charge is 2.39. The second-order valence-electron chi connectivity index (χ2n) is 28.5. The molecular weight excluding hydrogens is 1390 g/mol. The van der Waals surface area contributed by atoms with Crippen molar-refractivity contribution in [3.05, 3.63) is 378 Å². The number of furan rings is 4. The molecule has 0 fully saturated rings. The highest BCUT2D eigenvalue weighted by Crippen LogP contribution is 2.50. The number of anilines is 3. The number of aliphatic hydroxyl groups is 1. The van der Waals surface area contributed by atoms with Crippen LogP contribution in [0.5, 0.6) is 0 Å². The molecule has 0 saturated heterocycles. The normalized spacial score (nSPS) is 13.2. The maximum absolute atomic E-state index is 15.4. The van der Waals surface area contributed by atoms with Gasteiger partial charge in [-0.05, 0) is 159 Å². The number of hydrogen-bond acceptors (Lipinski definition) is 8. The third-order valence-electron chi connectivity index (χ3n) is 22.4. The Bertz CT molecular complexity index is 7580. The van der Waals surface area contributed by atoms with Gasteiger partial charge in [-0.2, -0.15) is 0 Å². The van der Waals surface area contributed by atoms with Crippen molar-refractivity contribution < 1.29 is 27.6 Å². The van der Waals surface area contributed by atoms with Crippen molar-refractivity contribution in [1.82, 2.24) is 9.13 Å². The van der Waals surface area contributed by atoms with Crippen LogP contribution in [-0.4, -0.2) is 20.3 Å². The maximum Gasteiger partial charge on any atom is 0.340 e. The molecule has 6 heterocycles. The molecule has 0 spiro atoms. The van der Waals surface area contributed by atoms with E-state index in [4.69, 9.17) is 17.7 Å². The molecule has 12 heteroatoms. The van der Waals surface area contributed by atoms with Crippen LogP contribution >= 0.6 is 0 Å². The van der Waals surface area contributed by atoms with E-state index in [0.29, 0.717) is 61.7 Å². The second-order valence-corrected chi connectivity index (χ2v) is 28.5. The third kappa shape index (κ3) is 10.0. The molecule has 1 unspecified atom stereocenters. The summed E-state index contributed by atoms with van der Waals surface area (Å²) in [7, 11) is 0. The van der Waals surface area contributed by atoms with E-state index in [-0.39, 0.29) is 0 Å². The third-order valence-corrected chi connectivity index (χ3v) is 22.4. The minimum Gasteiger partial charge on any atom is -0.455 e. The van der Waals surface area contributed by atoms with Gasteiger partial charge >= 0.3 is 11.7 Å². The van der Waals surface area contributed by atoms with Crippen LogP contribution in [0.3, 0.4) is 0 Å². The van der Waals surface area contributed by atoms with Crippen molar-refractivity contribution in [3.8, 4) is 89.3 Å². The Balaban J connectivity index is 0.607. The van der Waals surface area contributed by atoms with Crippen LogP contribution < -0.4 is 21.0 Å². The van der Waals surface area contributed by atoms with E-state index < -0.39 is 23.5 Å². The summed E-state index contributed by atoms with van der Waals surface area (Å²) in [6.07, 6.45) is -1.32. The molecule has 22 rings (SSSR count). The predicted octanol–water partition coefficient (Wildman–Crippen LogP) is 25.2. The summed E-state index contributed by atoms with van der Waals surface area (Å²) in [5.74, 6) is 0. The number of fused-ring (bicyclic) bond motifs is 14. The first-order valence-electron chi connectivity index (χ1n) is 37.2. The molecule has 5 aromatic heterocycles. The number of rotatable bonds is 11. The number of para-hydroxylation sites is 6. The average Bonchev–Trinajstić information content (AvgIpc) is 1.42. The van der Waals surface area contributed by atoms with Gasteiger partial charge in [0.2, 0.25) is 0 Å². The average molecular weight is 1450 g/mol. The first kappa shape index (κ1) is 64.1. The first-order chi connectivity index (χ1) is 55.2. The largest absolute Gasteiger partial charge is 0.455 e. The van der Waals surface area contributed by atoms with Crippen molar-refractivity contribution in [2.24, 2.45) is 0 Å². The molecule has 112 heavy (non-hydrogen) atoms. The molecule has 1 N–H and O–H groups in total. The van der Waals surface area contributed by atoms with Gasteiger partial charge < -0.3 is 22.8 Å². The molecule has 21 aromatic rings. The van der Waals surface area contributed by atoms with Gasteiger partial charge in [-0.15, -0.1) is 0 Å². The number of carbonyl (C=O) groups is 1. The van der Waals surface area contributed by atoms with Crippen LogP contribution in [0.4, 0.5) is 21.9 Å². The summed E-state index contributed by atoms with van der Waals surface area (Å²) in [6, 6.07) is 115. The zero-order valence-corrected chi connectivity index (χ0v) is 59.7. The number of hydrogen-bond donors (Lipinski definition) is 1. The van der Waals surface area contributed by atoms with Crippen molar-refractivity contribution in [2.45, 2.75) is 6.23 Å². The first-order valence-corrected chi connectivity index (χ1v) is 37.2. The molecule has 2 amide bonds. The highest BCUT2D eigenvalue weighted by atomic mass is 16.3. The van der Waals surface area contributed by atoms with Gasteiger partial charge in [0.25, 0.3) is 5.56 Å². The van der Waals surface area contributed by atoms with Gasteiger partial charge in [-0.1, -0.05) is 249 Å². The van der Waals surface area contributed by atoms with E-state index >= 15 is 14.4 Å². The van der Waals surface area contributed by atoms with E-state index in [2.05, 4.69) is 54.6 Å². The van der Waals surface area contributed by atoms with Gasteiger partial charge in [-0.3, -0.25) is 19.2 Å². The Morgan fingerprint density at radius 2 is 0.670 bits per heavy atom. The topological polar surface area (TPSA) is 140 Å². The highest BCUT2D eigenvalue weighted by molar-refractivity contribution is 6.23. The monoisotopic (exact) mass is 1440 g/mol. The lowest BCUT2D eigenvalue weighted by molar-refractivity contribution is 0.168. The van der Waals surface area contributed by atoms with E-state index in [1.54, 1.807) is 9.47 Å². The Morgan fingerprint density at radius 3 is 1.26 bits per heavy atom. The smallest absolute Gasteiger partial charge is 0.340 e. The fourth-order valence-corrected chi connectivity index (χ4v) is 17.0. The fraction of sp³-hybridized carbons (Fsp3) is 0.0100. The zero-order valence-electron chi connectivity index (χ0n) is 59.7. The van der Waals surface area contributed by atoms with Crippen LogP contribution in [0.1, 0.15) is 11.8 Å². The summed E-state index contributed by atoms with van der Waals surface area (Å²) >= 11 is 0. The maximum atomic E-state index is 15.4. The summed E-state index contributed by atoms with van der Waals surface area (Å²) in [4.78, 5) is 49.0. The minimum atomic E-state index is -1.32. The van der Waals surface area contributed by atoms with E-state index in [1.165, 1.54) is 9.47 Å². The summed E-state index contributed by atoms with van der Waals surface area (Å²) in [5, 5.41) is 20.7. The van der Waals surface area contributed by atoms with Crippen LogP contribution in [0.2, 0.25) is 0 Å². The van der Waals surface area contributed by atoms with Gasteiger partial charge in [0, 0.05) is 76.6 Å². The number of aliphatic hydroxyl groups excluding tert-OH is 1. The lowest BCUT2D eigenvalue weighted by Crippen LogP contribution is -2.47. The number of carbonyl (C=O) groups excluding carboxylic acids is 1. The van der Waals surface area contributed by atoms with Crippen molar-refractivity contribution in [3.63, 3.8) is 0 Å². The van der Waals surface area contributed by atoms with E-state index in [0.717, 1.165) is 149 Å². The van der Waals surface area contributed by atoms with Gasteiger partial charge in [0.1, 0.15) is 44.7 Å². The Kier molecular flexibility index (Phi) is 14.5. The van der Waals surface area contributed by atoms with Crippen LogP contribution in [0, 0.1) is 0 Å². The molecule has 0 aliphatic carbocycles. The van der Waals surface area contributed by atoms with Gasteiger partial charge in [0.05, 0.1) is 33.7 Å². The number of aromatic nitrogens is 2. The molecule has 12 nitrogen and oxygen atoms in total. The summed E-state index contributed by atoms with van der Waals surface area (Å²) in [5.41, 5.74) is 21.4. The quantitative estimate of drug-likeness (QED) is 0.135. The summed E-state index contributed by atoms with van der Waals surface area (Å²) in [6.45, 7) is 0.